The number of carbonyl (C=O) groups excluding carboxylic acids is 1. The van der Waals surface area contributed by atoms with Crippen molar-refractivity contribution in [3.05, 3.63) is 66.2 Å². The lowest BCUT2D eigenvalue weighted by atomic mass is 10.1. The fourth-order valence-electron chi connectivity index (χ4n) is 1.80. The second-order valence-electron chi connectivity index (χ2n) is 4.32. The van der Waals surface area contributed by atoms with Gasteiger partial charge in [-0.3, -0.25) is 4.84 Å². The molecule has 1 amide bonds. The number of methoxy groups -OCH3 is 1. The van der Waals surface area contributed by atoms with Crippen LogP contribution >= 0.6 is 0 Å². The van der Waals surface area contributed by atoms with Gasteiger partial charge in [-0.25, -0.2) is 4.79 Å². The van der Waals surface area contributed by atoms with Gasteiger partial charge in [-0.05, 0) is 17.7 Å². The van der Waals surface area contributed by atoms with E-state index in [2.05, 4.69) is 4.74 Å². The van der Waals surface area contributed by atoms with Crippen LogP contribution in [-0.2, 0) is 9.57 Å². The topological polar surface area (TPSA) is 59.0 Å². The van der Waals surface area contributed by atoms with Gasteiger partial charge in [0.25, 0.3) is 0 Å². The molecule has 0 saturated carbocycles. The number of aliphatic hydroxyl groups is 1. The van der Waals surface area contributed by atoms with Crippen molar-refractivity contribution in [2.24, 2.45) is 0 Å². The van der Waals surface area contributed by atoms with Crippen LogP contribution in [-0.4, -0.2) is 24.9 Å². The highest BCUT2D eigenvalue weighted by Crippen LogP contribution is 2.18. The molecule has 0 aliphatic rings. The Morgan fingerprint density at radius 3 is 2.24 bits per heavy atom. The van der Waals surface area contributed by atoms with Gasteiger partial charge in [-0.15, -0.1) is 0 Å². The summed E-state index contributed by atoms with van der Waals surface area (Å²) >= 11 is 0. The molecule has 0 aliphatic carbocycles. The van der Waals surface area contributed by atoms with Crippen molar-refractivity contribution in [1.29, 1.82) is 0 Å². The number of carbonyl (C=O) groups is 1. The first-order valence-electron chi connectivity index (χ1n) is 6.51. The molecule has 0 bridgehead atoms. The van der Waals surface area contributed by atoms with Crippen molar-refractivity contribution in [2.75, 3.05) is 18.8 Å². The van der Waals surface area contributed by atoms with Crippen molar-refractivity contribution in [3.8, 4) is 0 Å². The predicted octanol–water partition coefficient (Wildman–Crippen LogP) is 2.92. The quantitative estimate of drug-likeness (QED) is 0.859. The van der Waals surface area contributed by atoms with Gasteiger partial charge in [0.1, 0.15) is 12.7 Å². The fourth-order valence-corrected chi connectivity index (χ4v) is 1.80. The third-order valence-corrected chi connectivity index (χ3v) is 2.88. The maximum atomic E-state index is 11.8. The zero-order chi connectivity index (χ0) is 15.1. The smallest absolute Gasteiger partial charge is 0.438 e. The average Bonchev–Trinajstić information content (AvgIpc) is 2.56. The van der Waals surface area contributed by atoms with E-state index in [0.29, 0.717) is 5.69 Å². The third-order valence-electron chi connectivity index (χ3n) is 2.88. The monoisotopic (exact) mass is 287 g/mol. The van der Waals surface area contributed by atoms with Gasteiger partial charge in [0, 0.05) is 0 Å². The Labute approximate surface area is 123 Å². The maximum Gasteiger partial charge on any atom is 0.438 e. The van der Waals surface area contributed by atoms with Gasteiger partial charge in [-0.2, -0.15) is 5.06 Å². The summed E-state index contributed by atoms with van der Waals surface area (Å²) in [6.45, 7) is -0.0615. The van der Waals surface area contributed by atoms with Crippen molar-refractivity contribution in [1.82, 2.24) is 0 Å². The van der Waals surface area contributed by atoms with E-state index in [9.17, 15) is 9.90 Å². The lowest BCUT2D eigenvalue weighted by Gasteiger charge is -2.22. The molecular weight excluding hydrogens is 270 g/mol. The lowest BCUT2D eigenvalue weighted by Crippen LogP contribution is -2.32. The molecule has 0 heterocycles. The number of hydrogen-bond acceptors (Lipinski definition) is 4. The number of anilines is 1. The number of hydroxylamine groups is 1. The summed E-state index contributed by atoms with van der Waals surface area (Å²) in [6.07, 6.45) is -1.48. The standard InChI is InChI=1S/C16H17NO4/c1-20-16(19)17(14-10-6-3-7-11-14)21-12-15(18)13-8-4-2-5-9-13/h2-11,15,18H,12H2,1H3. The number of ether oxygens (including phenoxy) is 1. The van der Waals surface area contributed by atoms with Crippen molar-refractivity contribution in [3.63, 3.8) is 0 Å². The number of para-hydroxylation sites is 1. The van der Waals surface area contributed by atoms with Crippen LogP contribution in [0.2, 0.25) is 0 Å². The molecule has 0 saturated heterocycles. The molecule has 110 valence electrons. The Morgan fingerprint density at radius 2 is 1.67 bits per heavy atom. The van der Waals surface area contributed by atoms with Crippen LogP contribution in [0.1, 0.15) is 11.7 Å². The molecule has 1 N–H and O–H groups in total. The van der Waals surface area contributed by atoms with Crippen LogP contribution in [0.25, 0.3) is 0 Å². The molecule has 0 radical (unpaired) electrons. The van der Waals surface area contributed by atoms with Gasteiger partial charge >= 0.3 is 6.09 Å². The van der Waals surface area contributed by atoms with Crippen molar-refractivity contribution < 1.29 is 19.5 Å². The molecule has 1 unspecified atom stereocenters. The van der Waals surface area contributed by atoms with Crippen LogP contribution in [0.5, 0.6) is 0 Å². The molecule has 0 spiro atoms. The highest BCUT2D eigenvalue weighted by atomic mass is 16.7. The Kier molecular flexibility index (Phi) is 5.31. The molecular formula is C16H17NO4. The van der Waals surface area contributed by atoms with Gasteiger partial charge < -0.3 is 9.84 Å². The van der Waals surface area contributed by atoms with Crippen molar-refractivity contribution >= 4 is 11.8 Å². The molecule has 2 aromatic rings. The van der Waals surface area contributed by atoms with E-state index in [0.717, 1.165) is 10.6 Å². The van der Waals surface area contributed by atoms with E-state index >= 15 is 0 Å². The summed E-state index contributed by atoms with van der Waals surface area (Å²) in [5.41, 5.74) is 1.25. The first kappa shape index (κ1) is 15.0. The Hall–Kier alpha value is -2.37. The van der Waals surface area contributed by atoms with E-state index in [-0.39, 0.29) is 6.61 Å². The van der Waals surface area contributed by atoms with Crippen LogP contribution in [0.4, 0.5) is 10.5 Å². The summed E-state index contributed by atoms with van der Waals surface area (Å²) in [5.74, 6) is 0. The molecule has 1 atom stereocenters. The number of amides is 1. The molecule has 5 heteroatoms. The normalized spacial score (nSPS) is 11.7. The number of nitrogens with zero attached hydrogens (tertiary/aromatic N) is 1. The van der Waals surface area contributed by atoms with Crippen LogP contribution < -0.4 is 5.06 Å². The van der Waals surface area contributed by atoms with Gasteiger partial charge in [0.15, 0.2) is 0 Å². The minimum atomic E-state index is -0.831. The summed E-state index contributed by atoms with van der Waals surface area (Å²) in [4.78, 5) is 17.2. The van der Waals surface area contributed by atoms with Gasteiger partial charge in [0.2, 0.25) is 0 Å². The Bertz CT molecular complexity index is 559. The number of aliphatic hydroxyl groups excluding tert-OH is 1. The fraction of sp³-hybridized carbons (Fsp3) is 0.188. The zero-order valence-electron chi connectivity index (χ0n) is 11.7. The third kappa shape index (κ3) is 4.05. The Balaban J connectivity index is 2.05. The number of hydrogen-bond donors (Lipinski definition) is 1. The van der Waals surface area contributed by atoms with Gasteiger partial charge in [0.05, 0.1) is 12.8 Å². The minimum absolute atomic E-state index is 0.0615. The zero-order valence-corrected chi connectivity index (χ0v) is 11.7. The predicted molar refractivity (Wildman–Crippen MR) is 78.7 cm³/mol. The molecule has 5 nitrogen and oxygen atoms in total. The van der Waals surface area contributed by atoms with E-state index in [1.807, 2.05) is 24.3 Å². The summed E-state index contributed by atoms with van der Waals surface area (Å²) in [7, 11) is 1.27. The molecule has 2 rings (SSSR count). The first-order valence-corrected chi connectivity index (χ1v) is 6.51. The maximum absolute atomic E-state index is 11.8. The summed E-state index contributed by atoms with van der Waals surface area (Å²) in [5, 5.41) is 11.1. The molecule has 0 aliphatic heterocycles. The summed E-state index contributed by atoms with van der Waals surface area (Å²) in [6, 6.07) is 17.9. The summed E-state index contributed by atoms with van der Waals surface area (Å²) < 4.78 is 4.69. The van der Waals surface area contributed by atoms with E-state index in [1.165, 1.54) is 7.11 Å². The highest BCUT2D eigenvalue weighted by Gasteiger charge is 2.19. The SMILES string of the molecule is COC(=O)N(OCC(O)c1ccccc1)c1ccccc1. The lowest BCUT2D eigenvalue weighted by molar-refractivity contribution is 0.0213. The molecule has 21 heavy (non-hydrogen) atoms. The number of rotatable bonds is 5. The van der Waals surface area contributed by atoms with Crippen LogP contribution in [0.3, 0.4) is 0 Å². The van der Waals surface area contributed by atoms with E-state index < -0.39 is 12.2 Å². The number of benzene rings is 2. The minimum Gasteiger partial charge on any atom is -0.451 e. The molecule has 0 fully saturated rings. The van der Waals surface area contributed by atoms with E-state index in [1.54, 1.807) is 36.4 Å². The second kappa shape index (κ2) is 7.42. The molecule has 2 aromatic carbocycles. The second-order valence-corrected chi connectivity index (χ2v) is 4.32. The van der Waals surface area contributed by atoms with Crippen LogP contribution in [0.15, 0.2) is 60.7 Å². The first-order chi connectivity index (χ1) is 10.2. The van der Waals surface area contributed by atoms with Gasteiger partial charge in [-0.1, -0.05) is 48.5 Å². The van der Waals surface area contributed by atoms with Crippen molar-refractivity contribution in [2.45, 2.75) is 6.10 Å². The van der Waals surface area contributed by atoms with E-state index in [4.69, 9.17) is 4.84 Å². The average molecular weight is 287 g/mol. The Morgan fingerprint density at radius 1 is 1.10 bits per heavy atom. The largest absolute Gasteiger partial charge is 0.451 e. The highest BCUT2D eigenvalue weighted by molar-refractivity contribution is 5.85. The molecule has 0 aromatic heterocycles. The van der Waals surface area contributed by atoms with Crippen LogP contribution in [0, 0.1) is 0 Å².